The molecule has 2 rings (SSSR count). The van der Waals surface area contributed by atoms with E-state index in [9.17, 15) is 17.9 Å². The topological polar surface area (TPSA) is 81.4 Å². The van der Waals surface area contributed by atoms with Crippen LogP contribution in [0.5, 0.6) is 0 Å². The third-order valence-electron chi connectivity index (χ3n) is 4.77. The molecule has 0 bridgehead atoms. The summed E-state index contributed by atoms with van der Waals surface area (Å²) >= 11 is 0. The van der Waals surface area contributed by atoms with E-state index in [1.165, 1.54) is 16.4 Å². The van der Waals surface area contributed by atoms with Crippen molar-refractivity contribution in [3.63, 3.8) is 0 Å². The van der Waals surface area contributed by atoms with Crippen LogP contribution in [0.3, 0.4) is 0 Å². The summed E-state index contributed by atoms with van der Waals surface area (Å²) in [5.41, 5.74) is 0.0388. The first kappa shape index (κ1) is 17.9. The molecule has 1 N–H and O–H groups in total. The van der Waals surface area contributed by atoms with Crippen molar-refractivity contribution < 1.29 is 17.9 Å². The van der Waals surface area contributed by atoms with Crippen LogP contribution in [0, 0.1) is 22.6 Å². The minimum absolute atomic E-state index is 0.0125. The Kier molecular flexibility index (Phi) is 5.40. The zero-order valence-electron chi connectivity index (χ0n) is 13.1. The number of hydrogen-bond donors (Lipinski definition) is 1. The molecule has 0 unspecified atom stereocenters. The van der Waals surface area contributed by atoms with Gasteiger partial charge in [0.25, 0.3) is 0 Å². The van der Waals surface area contributed by atoms with Crippen LogP contribution in [-0.4, -0.2) is 37.5 Å². The van der Waals surface area contributed by atoms with Crippen molar-refractivity contribution >= 4 is 10.0 Å². The molecule has 0 radical (unpaired) electrons. The lowest BCUT2D eigenvalue weighted by molar-refractivity contribution is 0.0647. The molecule has 1 fully saturated rings. The largest absolute Gasteiger partial charge is 0.396 e. The molecule has 1 heterocycles. The van der Waals surface area contributed by atoms with Gasteiger partial charge in [0.2, 0.25) is 10.0 Å². The van der Waals surface area contributed by atoms with Crippen molar-refractivity contribution in [1.82, 2.24) is 4.31 Å². The number of benzene rings is 1. The number of piperidine rings is 1. The zero-order chi connectivity index (χ0) is 17.1. The van der Waals surface area contributed by atoms with Gasteiger partial charge < -0.3 is 5.11 Å². The highest BCUT2D eigenvalue weighted by Crippen LogP contribution is 2.35. The minimum Gasteiger partial charge on any atom is -0.396 e. The highest BCUT2D eigenvalue weighted by atomic mass is 32.2. The number of nitriles is 1. The first-order valence-electron chi connectivity index (χ1n) is 7.63. The molecule has 1 aromatic carbocycles. The highest BCUT2D eigenvalue weighted by Gasteiger charge is 2.36. The zero-order valence-corrected chi connectivity index (χ0v) is 13.9. The average Bonchev–Trinajstić information content (AvgIpc) is 2.56. The molecule has 1 aromatic rings. The second-order valence-corrected chi connectivity index (χ2v) is 8.05. The van der Waals surface area contributed by atoms with Crippen LogP contribution in [0.4, 0.5) is 4.39 Å². The maximum absolute atomic E-state index is 13.8. The van der Waals surface area contributed by atoms with Crippen LogP contribution in [-0.2, 0) is 15.8 Å². The third kappa shape index (κ3) is 3.89. The quantitative estimate of drug-likeness (QED) is 0.889. The van der Waals surface area contributed by atoms with Gasteiger partial charge in [0, 0.05) is 25.3 Å². The molecule has 5 nitrogen and oxygen atoms in total. The van der Waals surface area contributed by atoms with Crippen molar-refractivity contribution in [3.05, 3.63) is 35.1 Å². The van der Waals surface area contributed by atoms with Crippen LogP contribution in [0.15, 0.2) is 18.2 Å². The third-order valence-corrected chi connectivity index (χ3v) is 6.60. The first-order valence-corrected chi connectivity index (χ1v) is 9.24. The van der Waals surface area contributed by atoms with E-state index in [1.54, 1.807) is 0 Å². The Bertz CT molecular complexity index is 699. The Morgan fingerprint density at radius 3 is 2.57 bits per heavy atom. The van der Waals surface area contributed by atoms with Crippen LogP contribution in [0.25, 0.3) is 0 Å². The van der Waals surface area contributed by atoms with Crippen molar-refractivity contribution in [2.24, 2.45) is 5.41 Å². The van der Waals surface area contributed by atoms with Crippen molar-refractivity contribution in [2.45, 2.75) is 31.9 Å². The lowest BCUT2D eigenvalue weighted by Crippen LogP contribution is -2.44. The van der Waals surface area contributed by atoms with Gasteiger partial charge >= 0.3 is 0 Å². The summed E-state index contributed by atoms with van der Waals surface area (Å²) in [6.45, 7) is 2.70. The van der Waals surface area contributed by atoms with E-state index in [2.05, 4.69) is 0 Å². The van der Waals surface area contributed by atoms with Gasteiger partial charge in [0.1, 0.15) is 5.82 Å². The maximum Gasteiger partial charge on any atom is 0.218 e. The molecule has 1 saturated heterocycles. The fraction of sp³-hybridized carbons (Fsp3) is 0.562. The summed E-state index contributed by atoms with van der Waals surface area (Å²) in [5.74, 6) is -1.07. The average molecular weight is 340 g/mol. The summed E-state index contributed by atoms with van der Waals surface area (Å²) < 4.78 is 40.2. The normalized spacial score (nSPS) is 18.5. The number of sulfonamides is 1. The lowest BCUT2D eigenvalue weighted by atomic mass is 9.77. The van der Waals surface area contributed by atoms with Gasteiger partial charge in [-0.15, -0.1) is 0 Å². The molecule has 0 aromatic heterocycles. The molecule has 23 heavy (non-hydrogen) atoms. The Morgan fingerprint density at radius 2 is 2.04 bits per heavy atom. The van der Waals surface area contributed by atoms with Crippen molar-refractivity contribution in [3.8, 4) is 6.07 Å². The minimum atomic E-state index is -3.65. The van der Waals surface area contributed by atoms with Crippen LogP contribution >= 0.6 is 0 Å². The van der Waals surface area contributed by atoms with E-state index in [0.717, 1.165) is 12.5 Å². The molecule has 1 aliphatic rings. The fourth-order valence-electron chi connectivity index (χ4n) is 2.90. The molecule has 0 spiro atoms. The molecular weight excluding hydrogens is 319 g/mol. The smallest absolute Gasteiger partial charge is 0.218 e. The lowest BCUT2D eigenvalue weighted by Gasteiger charge is -2.39. The Morgan fingerprint density at radius 1 is 1.39 bits per heavy atom. The Hall–Kier alpha value is -1.49. The number of rotatable bonds is 5. The molecule has 126 valence electrons. The van der Waals surface area contributed by atoms with Gasteiger partial charge in [0.15, 0.2) is 0 Å². The first-order chi connectivity index (χ1) is 10.9. The van der Waals surface area contributed by atoms with Gasteiger partial charge in [-0.25, -0.2) is 17.1 Å². The second kappa shape index (κ2) is 6.95. The summed E-state index contributed by atoms with van der Waals surface area (Å²) in [5, 5.41) is 18.4. The monoisotopic (exact) mass is 340 g/mol. The molecular formula is C16H21FN2O3S. The summed E-state index contributed by atoms with van der Waals surface area (Å²) in [6, 6.07) is 5.60. The van der Waals surface area contributed by atoms with Gasteiger partial charge in [0.05, 0.1) is 17.4 Å². The number of halogens is 1. The number of aliphatic hydroxyl groups is 1. The molecule has 0 atom stereocenters. The Balaban J connectivity index is 2.14. The van der Waals surface area contributed by atoms with E-state index in [1.807, 2.05) is 13.0 Å². The standard InChI is InChI=1S/C16H21FN2O3S/c1-2-16(12-20)5-7-19(8-6-16)23(21,22)11-14-9-13(10-18)3-4-15(14)17/h3-4,9,20H,2,5-8,11-12H2,1H3. The fourth-order valence-corrected chi connectivity index (χ4v) is 4.44. The van der Waals surface area contributed by atoms with E-state index in [0.29, 0.717) is 25.9 Å². The number of aliphatic hydroxyl groups excluding tert-OH is 1. The highest BCUT2D eigenvalue weighted by molar-refractivity contribution is 7.88. The van der Waals surface area contributed by atoms with Crippen LogP contribution in [0.2, 0.25) is 0 Å². The van der Waals surface area contributed by atoms with Gasteiger partial charge in [-0.2, -0.15) is 5.26 Å². The maximum atomic E-state index is 13.8. The van der Waals surface area contributed by atoms with Crippen molar-refractivity contribution in [1.29, 1.82) is 5.26 Å². The van der Waals surface area contributed by atoms with Gasteiger partial charge in [-0.3, -0.25) is 0 Å². The van der Waals surface area contributed by atoms with E-state index in [-0.39, 0.29) is 23.1 Å². The summed E-state index contributed by atoms with van der Waals surface area (Å²) in [6.07, 6.45) is 2.00. The van der Waals surface area contributed by atoms with Gasteiger partial charge in [-0.05, 0) is 42.9 Å². The Labute approximate surface area is 136 Å². The predicted octanol–water partition coefficient (Wildman–Crippen LogP) is 2.01. The van der Waals surface area contributed by atoms with E-state index >= 15 is 0 Å². The number of nitrogens with zero attached hydrogens (tertiary/aromatic N) is 2. The van der Waals surface area contributed by atoms with E-state index < -0.39 is 21.6 Å². The van der Waals surface area contributed by atoms with Gasteiger partial charge in [-0.1, -0.05) is 6.92 Å². The second-order valence-electron chi connectivity index (χ2n) is 6.08. The predicted molar refractivity (Wildman–Crippen MR) is 84.4 cm³/mol. The molecule has 0 amide bonds. The SMILES string of the molecule is CCC1(CO)CCN(S(=O)(=O)Cc2cc(C#N)ccc2F)CC1. The van der Waals surface area contributed by atoms with E-state index in [4.69, 9.17) is 5.26 Å². The molecule has 7 heteroatoms. The van der Waals surface area contributed by atoms with Crippen LogP contribution in [0.1, 0.15) is 37.3 Å². The van der Waals surface area contributed by atoms with Crippen LogP contribution < -0.4 is 0 Å². The number of hydrogen-bond acceptors (Lipinski definition) is 4. The molecule has 1 aliphatic heterocycles. The summed E-state index contributed by atoms with van der Waals surface area (Å²) in [7, 11) is -3.65. The van der Waals surface area contributed by atoms with Crippen molar-refractivity contribution in [2.75, 3.05) is 19.7 Å². The molecule has 0 aliphatic carbocycles. The molecule has 0 saturated carbocycles. The summed E-state index contributed by atoms with van der Waals surface area (Å²) in [4.78, 5) is 0.